The summed E-state index contributed by atoms with van der Waals surface area (Å²) in [5.41, 5.74) is 0. The Bertz CT molecular complexity index is 260. The van der Waals surface area contributed by atoms with Crippen LogP contribution in [-0.4, -0.2) is 46.2 Å². The maximum absolute atomic E-state index is 11.0. The van der Waals surface area contributed by atoms with Gasteiger partial charge in [-0.15, -0.1) is 0 Å². The van der Waals surface area contributed by atoms with Crippen molar-refractivity contribution in [3.63, 3.8) is 0 Å². The maximum Gasteiger partial charge on any atom is 0.320 e. The number of aliphatic carboxylic acids is 2. The number of nitrogens with one attached hydrogen (secondary N) is 1. The quantitative estimate of drug-likeness (QED) is 0.498. The van der Waals surface area contributed by atoms with Gasteiger partial charge in [-0.25, -0.2) is 0 Å². The molecule has 0 aliphatic rings. The molecule has 0 radical (unpaired) electrons. The monoisotopic (exact) mass is 277 g/mol. The molecule has 0 saturated heterocycles. The van der Waals surface area contributed by atoms with Crippen LogP contribution in [0.5, 0.6) is 0 Å². The zero-order chi connectivity index (χ0) is 14.0. The first kappa shape index (κ1) is 17.2. The Morgan fingerprint density at radius 1 is 1.22 bits per heavy atom. The molecule has 0 aromatic heterocycles. The molecular formula is C12H23NO4S. The van der Waals surface area contributed by atoms with E-state index in [1.165, 1.54) is 0 Å². The molecule has 0 aromatic carbocycles. The summed E-state index contributed by atoms with van der Waals surface area (Å²) < 4.78 is 0. The normalized spacial score (nSPS) is 14.1. The Morgan fingerprint density at radius 2 is 1.89 bits per heavy atom. The van der Waals surface area contributed by atoms with Gasteiger partial charge in [0.2, 0.25) is 0 Å². The summed E-state index contributed by atoms with van der Waals surface area (Å²) in [6.07, 6.45) is 1.85. The van der Waals surface area contributed by atoms with Crippen molar-refractivity contribution in [1.29, 1.82) is 0 Å². The first-order valence-electron chi connectivity index (χ1n) is 6.25. The predicted molar refractivity (Wildman–Crippen MR) is 73.1 cm³/mol. The van der Waals surface area contributed by atoms with Gasteiger partial charge in [0.25, 0.3) is 0 Å². The predicted octanol–water partition coefficient (Wildman–Crippen LogP) is 1.67. The summed E-state index contributed by atoms with van der Waals surface area (Å²) in [5.74, 6) is -0.193. The lowest BCUT2D eigenvalue weighted by Crippen LogP contribution is -2.37. The topological polar surface area (TPSA) is 86.6 Å². The number of carbonyl (C=O) groups is 2. The lowest BCUT2D eigenvalue weighted by Gasteiger charge is -2.14. The number of carboxylic acid groups (broad SMARTS) is 2. The summed E-state index contributed by atoms with van der Waals surface area (Å²) in [7, 11) is 0. The van der Waals surface area contributed by atoms with E-state index in [1.54, 1.807) is 18.7 Å². The molecule has 0 fully saturated rings. The molecule has 2 unspecified atom stereocenters. The first-order chi connectivity index (χ1) is 8.49. The van der Waals surface area contributed by atoms with Crippen molar-refractivity contribution in [3.8, 4) is 0 Å². The lowest BCUT2D eigenvalue weighted by molar-refractivity contribution is -0.142. The third-order valence-electron chi connectivity index (χ3n) is 2.68. The van der Waals surface area contributed by atoms with E-state index < -0.39 is 18.0 Å². The summed E-state index contributed by atoms with van der Waals surface area (Å²) in [6, 6.07) is -0.524. The van der Waals surface area contributed by atoms with Crippen molar-refractivity contribution in [2.45, 2.75) is 39.2 Å². The Labute approximate surface area is 112 Å². The van der Waals surface area contributed by atoms with Crippen LogP contribution in [0.3, 0.4) is 0 Å². The van der Waals surface area contributed by atoms with Gasteiger partial charge in [0.05, 0.1) is 5.92 Å². The third-order valence-corrected chi connectivity index (χ3v) is 3.61. The summed E-state index contributed by atoms with van der Waals surface area (Å²) in [4.78, 5) is 21.6. The highest BCUT2D eigenvalue weighted by atomic mass is 32.2. The van der Waals surface area contributed by atoms with Crippen LogP contribution < -0.4 is 5.32 Å². The summed E-state index contributed by atoms with van der Waals surface area (Å²) in [6.45, 7) is 4.25. The molecule has 2 atom stereocenters. The molecule has 6 heteroatoms. The smallest absolute Gasteiger partial charge is 0.320 e. The van der Waals surface area contributed by atoms with Gasteiger partial charge >= 0.3 is 11.9 Å². The SMILES string of the molecule is CCSCCC(NCCCC(C)C(=O)O)C(=O)O. The summed E-state index contributed by atoms with van der Waals surface area (Å²) >= 11 is 1.72. The van der Waals surface area contributed by atoms with Crippen molar-refractivity contribution >= 4 is 23.7 Å². The van der Waals surface area contributed by atoms with Crippen molar-refractivity contribution in [3.05, 3.63) is 0 Å². The van der Waals surface area contributed by atoms with E-state index in [9.17, 15) is 9.59 Å². The lowest BCUT2D eigenvalue weighted by atomic mass is 10.1. The molecule has 0 aliphatic heterocycles. The van der Waals surface area contributed by atoms with Crippen molar-refractivity contribution in [2.75, 3.05) is 18.1 Å². The van der Waals surface area contributed by atoms with E-state index in [-0.39, 0.29) is 5.92 Å². The maximum atomic E-state index is 11.0. The Morgan fingerprint density at radius 3 is 2.39 bits per heavy atom. The van der Waals surface area contributed by atoms with Crippen LogP contribution in [0.25, 0.3) is 0 Å². The van der Waals surface area contributed by atoms with Gasteiger partial charge < -0.3 is 15.5 Å². The molecule has 0 saturated carbocycles. The largest absolute Gasteiger partial charge is 0.481 e. The molecule has 106 valence electrons. The number of thioether (sulfide) groups is 1. The van der Waals surface area contributed by atoms with Crippen LogP contribution in [0.2, 0.25) is 0 Å². The minimum absolute atomic E-state index is 0.370. The first-order valence-corrected chi connectivity index (χ1v) is 7.41. The molecule has 0 heterocycles. The fourth-order valence-corrected chi connectivity index (χ4v) is 2.16. The third kappa shape index (κ3) is 8.36. The van der Waals surface area contributed by atoms with E-state index in [2.05, 4.69) is 5.32 Å². The van der Waals surface area contributed by atoms with Crippen LogP contribution in [0, 0.1) is 5.92 Å². The molecule has 3 N–H and O–H groups in total. The molecule has 0 amide bonds. The van der Waals surface area contributed by atoms with E-state index >= 15 is 0 Å². The molecule has 0 aromatic rings. The molecule has 5 nitrogen and oxygen atoms in total. The fraction of sp³-hybridized carbons (Fsp3) is 0.833. The van der Waals surface area contributed by atoms with E-state index in [0.717, 1.165) is 11.5 Å². The Hall–Kier alpha value is -0.750. The molecule has 0 aliphatic carbocycles. The van der Waals surface area contributed by atoms with Gasteiger partial charge in [0.15, 0.2) is 0 Å². The minimum Gasteiger partial charge on any atom is -0.481 e. The second-order valence-corrected chi connectivity index (χ2v) is 5.61. The zero-order valence-corrected chi connectivity index (χ0v) is 11.8. The number of carboxylic acids is 2. The second kappa shape index (κ2) is 10.2. The Kier molecular flexibility index (Phi) is 9.77. The van der Waals surface area contributed by atoms with E-state index in [4.69, 9.17) is 10.2 Å². The van der Waals surface area contributed by atoms with Crippen LogP contribution >= 0.6 is 11.8 Å². The van der Waals surface area contributed by atoms with Crippen molar-refractivity contribution < 1.29 is 19.8 Å². The minimum atomic E-state index is -0.835. The average Bonchev–Trinajstić information content (AvgIpc) is 2.31. The molecule has 0 spiro atoms. The van der Waals surface area contributed by atoms with Crippen molar-refractivity contribution in [2.24, 2.45) is 5.92 Å². The van der Waals surface area contributed by atoms with Gasteiger partial charge in [0.1, 0.15) is 6.04 Å². The van der Waals surface area contributed by atoms with Gasteiger partial charge in [0, 0.05) is 0 Å². The highest BCUT2D eigenvalue weighted by molar-refractivity contribution is 7.99. The zero-order valence-electron chi connectivity index (χ0n) is 11.0. The fourth-order valence-electron chi connectivity index (χ4n) is 1.47. The Balaban J connectivity index is 3.76. The standard InChI is InChI=1S/C12H23NO4S/c1-3-18-8-6-10(12(16)17)13-7-4-5-9(2)11(14)15/h9-10,13H,3-8H2,1-2H3,(H,14,15)(H,16,17). The number of hydrogen-bond acceptors (Lipinski definition) is 4. The summed E-state index contributed by atoms with van der Waals surface area (Å²) in [5, 5.41) is 20.7. The highest BCUT2D eigenvalue weighted by Gasteiger charge is 2.16. The number of hydrogen-bond donors (Lipinski definition) is 3. The van der Waals surface area contributed by atoms with E-state index in [0.29, 0.717) is 25.8 Å². The van der Waals surface area contributed by atoms with Crippen LogP contribution in [0.1, 0.15) is 33.1 Å². The molecular weight excluding hydrogens is 254 g/mol. The van der Waals surface area contributed by atoms with Gasteiger partial charge in [-0.1, -0.05) is 13.8 Å². The van der Waals surface area contributed by atoms with Gasteiger partial charge in [-0.05, 0) is 37.3 Å². The highest BCUT2D eigenvalue weighted by Crippen LogP contribution is 2.07. The van der Waals surface area contributed by atoms with Gasteiger partial charge in [-0.2, -0.15) is 11.8 Å². The second-order valence-electron chi connectivity index (χ2n) is 4.21. The van der Waals surface area contributed by atoms with Crippen LogP contribution in [0.15, 0.2) is 0 Å². The van der Waals surface area contributed by atoms with Crippen molar-refractivity contribution in [1.82, 2.24) is 5.32 Å². The molecule has 0 bridgehead atoms. The molecule has 18 heavy (non-hydrogen) atoms. The van der Waals surface area contributed by atoms with E-state index in [1.807, 2.05) is 6.92 Å². The number of rotatable bonds is 11. The average molecular weight is 277 g/mol. The molecule has 0 rings (SSSR count). The van der Waals surface area contributed by atoms with Crippen LogP contribution in [0.4, 0.5) is 0 Å². The van der Waals surface area contributed by atoms with Crippen LogP contribution in [-0.2, 0) is 9.59 Å². The van der Waals surface area contributed by atoms with Gasteiger partial charge in [-0.3, -0.25) is 9.59 Å².